The minimum Gasteiger partial charge on any atom is -0.329 e. The molecule has 1 aromatic heterocycles. The zero-order valence-corrected chi connectivity index (χ0v) is 11.5. The van der Waals surface area contributed by atoms with Gasteiger partial charge in [0.25, 0.3) is 0 Å². The first-order chi connectivity index (χ1) is 9.71. The van der Waals surface area contributed by atoms with E-state index in [0.717, 1.165) is 23.5 Å². The summed E-state index contributed by atoms with van der Waals surface area (Å²) in [6.07, 6.45) is 2.21. The largest absolute Gasteiger partial charge is 0.329 e. The average Bonchev–Trinajstić information content (AvgIpc) is 2.53. The number of hydrazine groups is 1. The summed E-state index contributed by atoms with van der Waals surface area (Å²) >= 11 is 0. The van der Waals surface area contributed by atoms with Crippen LogP contribution in [0.15, 0.2) is 30.6 Å². The number of hydrogen-bond donors (Lipinski definition) is 2. The highest BCUT2D eigenvalue weighted by atomic mass is 15.3. The van der Waals surface area contributed by atoms with Crippen LogP contribution in [0, 0.1) is 11.3 Å². The SMILES string of the molecule is CCc1c(NN)ncnc1N(C)c1cccc(C#N)c1. The molecule has 1 heterocycles. The van der Waals surface area contributed by atoms with E-state index in [4.69, 9.17) is 11.1 Å². The van der Waals surface area contributed by atoms with Crippen molar-refractivity contribution in [2.75, 3.05) is 17.4 Å². The monoisotopic (exact) mass is 268 g/mol. The van der Waals surface area contributed by atoms with E-state index in [2.05, 4.69) is 21.5 Å². The molecule has 0 saturated heterocycles. The van der Waals surface area contributed by atoms with Crippen molar-refractivity contribution >= 4 is 17.3 Å². The molecule has 102 valence electrons. The van der Waals surface area contributed by atoms with Crippen LogP contribution in [0.1, 0.15) is 18.1 Å². The van der Waals surface area contributed by atoms with Crippen LogP contribution in [0.2, 0.25) is 0 Å². The molecular weight excluding hydrogens is 252 g/mol. The zero-order chi connectivity index (χ0) is 14.5. The third kappa shape index (κ3) is 2.53. The number of nitrogens with zero attached hydrogens (tertiary/aromatic N) is 4. The molecule has 0 aliphatic rings. The number of nitrogens with one attached hydrogen (secondary N) is 1. The highest BCUT2D eigenvalue weighted by Crippen LogP contribution is 2.28. The molecule has 20 heavy (non-hydrogen) atoms. The molecule has 0 saturated carbocycles. The Hall–Kier alpha value is -2.65. The Bertz CT molecular complexity index is 646. The van der Waals surface area contributed by atoms with Gasteiger partial charge in [0.15, 0.2) is 0 Å². The maximum absolute atomic E-state index is 8.98. The van der Waals surface area contributed by atoms with E-state index < -0.39 is 0 Å². The molecule has 0 fully saturated rings. The van der Waals surface area contributed by atoms with E-state index in [9.17, 15) is 0 Å². The first kappa shape index (κ1) is 13.8. The fourth-order valence-electron chi connectivity index (χ4n) is 2.05. The van der Waals surface area contributed by atoms with Crippen LogP contribution < -0.4 is 16.2 Å². The Labute approximate surface area is 117 Å². The third-order valence-corrected chi connectivity index (χ3v) is 3.09. The number of anilines is 3. The van der Waals surface area contributed by atoms with Gasteiger partial charge >= 0.3 is 0 Å². The van der Waals surface area contributed by atoms with Crippen molar-refractivity contribution in [2.24, 2.45) is 5.84 Å². The van der Waals surface area contributed by atoms with Crippen LogP contribution in [0.4, 0.5) is 17.3 Å². The molecular formula is C14H16N6. The number of hydrogen-bond acceptors (Lipinski definition) is 6. The molecule has 0 spiro atoms. The molecule has 6 nitrogen and oxygen atoms in total. The maximum atomic E-state index is 8.98. The molecule has 3 N–H and O–H groups in total. The Kier molecular flexibility index (Phi) is 4.13. The van der Waals surface area contributed by atoms with Crippen molar-refractivity contribution in [3.63, 3.8) is 0 Å². The van der Waals surface area contributed by atoms with Crippen LogP contribution in [0.25, 0.3) is 0 Å². The second-order valence-corrected chi connectivity index (χ2v) is 4.24. The van der Waals surface area contributed by atoms with Gasteiger partial charge < -0.3 is 10.3 Å². The van der Waals surface area contributed by atoms with Crippen molar-refractivity contribution in [1.29, 1.82) is 5.26 Å². The Balaban J connectivity index is 2.47. The topological polar surface area (TPSA) is 90.9 Å². The van der Waals surface area contributed by atoms with Crippen LogP contribution in [-0.2, 0) is 6.42 Å². The first-order valence-electron chi connectivity index (χ1n) is 6.25. The summed E-state index contributed by atoms with van der Waals surface area (Å²) in [5.74, 6) is 6.86. The van der Waals surface area contributed by atoms with E-state index in [1.165, 1.54) is 6.33 Å². The van der Waals surface area contributed by atoms with E-state index in [0.29, 0.717) is 11.4 Å². The summed E-state index contributed by atoms with van der Waals surface area (Å²) in [7, 11) is 1.90. The number of nitriles is 1. The lowest BCUT2D eigenvalue weighted by molar-refractivity contribution is 0.994. The van der Waals surface area contributed by atoms with Gasteiger partial charge in [-0.15, -0.1) is 0 Å². The van der Waals surface area contributed by atoms with E-state index in [1.54, 1.807) is 6.07 Å². The van der Waals surface area contributed by atoms with Gasteiger partial charge in [0, 0.05) is 18.3 Å². The molecule has 0 aliphatic carbocycles. The Morgan fingerprint density at radius 1 is 1.40 bits per heavy atom. The summed E-state index contributed by atoms with van der Waals surface area (Å²) in [6, 6.07) is 9.49. The minimum atomic E-state index is 0.610. The molecule has 0 radical (unpaired) electrons. The van der Waals surface area contributed by atoms with Gasteiger partial charge in [0.2, 0.25) is 0 Å². The molecule has 1 aromatic carbocycles. The smallest absolute Gasteiger partial charge is 0.148 e. The third-order valence-electron chi connectivity index (χ3n) is 3.09. The summed E-state index contributed by atoms with van der Waals surface area (Å²) in [5.41, 5.74) is 5.02. The number of nitrogens with two attached hydrogens (primary N) is 1. The lowest BCUT2D eigenvalue weighted by atomic mass is 10.1. The second kappa shape index (κ2) is 5.99. The van der Waals surface area contributed by atoms with Gasteiger partial charge in [0.05, 0.1) is 11.6 Å². The fraction of sp³-hybridized carbons (Fsp3) is 0.214. The molecule has 0 amide bonds. The number of benzene rings is 1. The molecule has 0 aliphatic heterocycles. The van der Waals surface area contributed by atoms with Crippen molar-refractivity contribution in [2.45, 2.75) is 13.3 Å². The van der Waals surface area contributed by atoms with E-state index >= 15 is 0 Å². The van der Waals surface area contributed by atoms with Gasteiger partial charge in [-0.25, -0.2) is 15.8 Å². The maximum Gasteiger partial charge on any atom is 0.148 e. The minimum absolute atomic E-state index is 0.610. The summed E-state index contributed by atoms with van der Waals surface area (Å²) < 4.78 is 0. The molecule has 0 bridgehead atoms. The quantitative estimate of drug-likeness (QED) is 0.650. The number of rotatable bonds is 4. The van der Waals surface area contributed by atoms with Gasteiger partial charge in [0.1, 0.15) is 18.0 Å². The van der Waals surface area contributed by atoms with E-state index in [-0.39, 0.29) is 0 Å². The highest BCUT2D eigenvalue weighted by Gasteiger charge is 2.14. The first-order valence-corrected chi connectivity index (χ1v) is 6.25. The lowest BCUT2D eigenvalue weighted by Crippen LogP contribution is -2.18. The normalized spacial score (nSPS) is 9.90. The molecule has 2 rings (SSSR count). The fourth-order valence-corrected chi connectivity index (χ4v) is 2.05. The summed E-state index contributed by atoms with van der Waals surface area (Å²) in [6.45, 7) is 2.02. The number of nitrogen functional groups attached to an aromatic ring is 1. The van der Waals surface area contributed by atoms with Gasteiger partial charge in [-0.05, 0) is 24.6 Å². The second-order valence-electron chi connectivity index (χ2n) is 4.24. The van der Waals surface area contributed by atoms with Crippen molar-refractivity contribution in [1.82, 2.24) is 9.97 Å². The zero-order valence-electron chi connectivity index (χ0n) is 11.5. The van der Waals surface area contributed by atoms with Crippen molar-refractivity contribution in [3.8, 4) is 6.07 Å². The van der Waals surface area contributed by atoms with Crippen LogP contribution >= 0.6 is 0 Å². The molecule has 2 aromatic rings. The van der Waals surface area contributed by atoms with Gasteiger partial charge in [-0.2, -0.15) is 5.26 Å². The molecule has 6 heteroatoms. The Morgan fingerprint density at radius 3 is 2.85 bits per heavy atom. The van der Waals surface area contributed by atoms with Crippen LogP contribution in [0.5, 0.6) is 0 Å². The van der Waals surface area contributed by atoms with E-state index in [1.807, 2.05) is 37.1 Å². The highest BCUT2D eigenvalue weighted by molar-refractivity contribution is 5.67. The van der Waals surface area contributed by atoms with Crippen LogP contribution in [0.3, 0.4) is 0 Å². The predicted molar refractivity (Wildman–Crippen MR) is 78.4 cm³/mol. The van der Waals surface area contributed by atoms with Crippen molar-refractivity contribution < 1.29 is 0 Å². The Morgan fingerprint density at radius 2 is 2.20 bits per heavy atom. The van der Waals surface area contributed by atoms with Crippen molar-refractivity contribution in [3.05, 3.63) is 41.7 Å². The lowest BCUT2D eigenvalue weighted by Gasteiger charge is -2.22. The number of aromatic nitrogens is 2. The van der Waals surface area contributed by atoms with Gasteiger partial charge in [-0.1, -0.05) is 13.0 Å². The van der Waals surface area contributed by atoms with Crippen LogP contribution in [-0.4, -0.2) is 17.0 Å². The van der Waals surface area contributed by atoms with Gasteiger partial charge in [-0.3, -0.25) is 0 Å². The summed E-state index contributed by atoms with van der Waals surface area (Å²) in [5, 5.41) is 8.98. The molecule has 0 atom stereocenters. The molecule has 0 unspecified atom stereocenters. The summed E-state index contributed by atoms with van der Waals surface area (Å²) in [4.78, 5) is 10.4. The average molecular weight is 268 g/mol. The standard InChI is InChI=1S/C14H16N6/c1-3-12-13(19-16)17-9-18-14(12)20(2)11-6-4-5-10(7-11)8-15/h4-7,9H,3,16H2,1-2H3,(H,17,18,19). The predicted octanol–water partition coefficient (Wildman–Crippen LogP) is 1.96.